The van der Waals surface area contributed by atoms with E-state index in [0.717, 1.165) is 16.8 Å². The first-order valence-electron chi connectivity index (χ1n) is 7.51. The highest BCUT2D eigenvalue weighted by atomic mass is 16.5. The fraction of sp³-hybridized carbons (Fsp3) is 0.333. The zero-order valence-electron chi connectivity index (χ0n) is 13.5. The zero-order chi connectivity index (χ0) is 16.4. The number of benzene rings is 2. The van der Waals surface area contributed by atoms with Crippen LogP contribution in [0.1, 0.15) is 29.7 Å². The van der Waals surface area contributed by atoms with Crippen LogP contribution in [0.25, 0.3) is 0 Å². The van der Waals surface area contributed by atoms with Gasteiger partial charge in [-0.05, 0) is 23.8 Å². The van der Waals surface area contributed by atoms with Gasteiger partial charge in [-0.15, -0.1) is 0 Å². The lowest BCUT2D eigenvalue weighted by atomic mass is 9.91. The fourth-order valence-corrected chi connectivity index (χ4v) is 3.04. The van der Waals surface area contributed by atoms with Gasteiger partial charge < -0.3 is 24.6 Å². The summed E-state index contributed by atoms with van der Waals surface area (Å²) in [7, 11) is 4.78. The summed E-state index contributed by atoms with van der Waals surface area (Å²) in [6.07, 6.45) is 0.0758. The molecule has 1 aliphatic heterocycles. The Morgan fingerprint density at radius 3 is 2.26 bits per heavy atom. The van der Waals surface area contributed by atoms with Crippen LogP contribution in [-0.4, -0.2) is 26.4 Å². The van der Waals surface area contributed by atoms with Crippen LogP contribution in [0.4, 0.5) is 5.69 Å². The highest BCUT2D eigenvalue weighted by Crippen LogP contribution is 2.44. The van der Waals surface area contributed by atoms with Crippen LogP contribution in [0.3, 0.4) is 0 Å². The Bertz CT molecular complexity index is 676. The summed E-state index contributed by atoms with van der Waals surface area (Å²) in [6.45, 7) is 0. The molecular weight excluding hydrogens is 294 g/mol. The van der Waals surface area contributed by atoms with E-state index in [1.54, 1.807) is 21.3 Å². The lowest BCUT2D eigenvalue weighted by molar-refractivity contribution is 0.156. The predicted octanol–water partition coefficient (Wildman–Crippen LogP) is 3.30. The summed E-state index contributed by atoms with van der Waals surface area (Å²) in [5.74, 6) is 1.78. The molecule has 0 saturated heterocycles. The second-order valence-corrected chi connectivity index (χ2v) is 5.49. The van der Waals surface area contributed by atoms with Crippen molar-refractivity contribution in [3.63, 3.8) is 0 Å². The topological polar surface area (TPSA) is 60.0 Å². The monoisotopic (exact) mass is 315 g/mol. The SMILES string of the molecule is COc1cc([C@@H]2C[C@H](O)c3ccccc3N2)cc(OC)c1OC. The maximum Gasteiger partial charge on any atom is 0.203 e. The Morgan fingerprint density at radius 2 is 1.65 bits per heavy atom. The average Bonchev–Trinajstić information content (AvgIpc) is 2.60. The van der Waals surface area contributed by atoms with Crippen LogP contribution in [0.2, 0.25) is 0 Å². The zero-order valence-corrected chi connectivity index (χ0v) is 13.5. The van der Waals surface area contributed by atoms with Gasteiger partial charge in [-0.1, -0.05) is 18.2 Å². The lowest BCUT2D eigenvalue weighted by Gasteiger charge is -2.31. The number of aliphatic hydroxyl groups is 1. The molecule has 1 heterocycles. The van der Waals surface area contributed by atoms with Gasteiger partial charge in [0.25, 0.3) is 0 Å². The van der Waals surface area contributed by atoms with Gasteiger partial charge in [-0.25, -0.2) is 0 Å². The molecule has 2 N–H and O–H groups in total. The Labute approximate surface area is 135 Å². The van der Waals surface area contributed by atoms with Crippen LogP contribution in [0.15, 0.2) is 36.4 Å². The maximum absolute atomic E-state index is 10.4. The molecule has 0 spiro atoms. The van der Waals surface area contributed by atoms with Crippen molar-refractivity contribution in [3.05, 3.63) is 47.5 Å². The smallest absolute Gasteiger partial charge is 0.203 e. The molecule has 5 nitrogen and oxygen atoms in total. The number of ether oxygens (including phenoxy) is 3. The van der Waals surface area contributed by atoms with Crippen LogP contribution in [0.5, 0.6) is 17.2 Å². The van der Waals surface area contributed by atoms with Crippen LogP contribution >= 0.6 is 0 Å². The molecule has 5 heteroatoms. The van der Waals surface area contributed by atoms with E-state index in [1.165, 1.54) is 0 Å². The van der Waals surface area contributed by atoms with Crippen molar-refractivity contribution in [1.82, 2.24) is 0 Å². The minimum absolute atomic E-state index is 0.0337. The molecule has 0 unspecified atom stereocenters. The molecule has 0 aliphatic carbocycles. The first-order valence-corrected chi connectivity index (χ1v) is 7.51. The number of hydrogen-bond donors (Lipinski definition) is 2. The Hall–Kier alpha value is -2.40. The van der Waals surface area contributed by atoms with E-state index in [9.17, 15) is 5.11 Å². The molecule has 0 saturated carbocycles. The largest absolute Gasteiger partial charge is 0.493 e. The van der Waals surface area contributed by atoms with Crippen molar-refractivity contribution < 1.29 is 19.3 Å². The Balaban J connectivity index is 2.00. The highest BCUT2D eigenvalue weighted by molar-refractivity contribution is 5.59. The van der Waals surface area contributed by atoms with Crippen LogP contribution in [-0.2, 0) is 0 Å². The Kier molecular flexibility index (Phi) is 4.30. The number of anilines is 1. The van der Waals surface area contributed by atoms with Crippen molar-refractivity contribution in [3.8, 4) is 17.2 Å². The predicted molar refractivity (Wildman–Crippen MR) is 88.5 cm³/mol. The van der Waals surface area contributed by atoms with Gasteiger partial charge >= 0.3 is 0 Å². The van der Waals surface area contributed by atoms with Crippen LogP contribution in [0, 0.1) is 0 Å². The minimum Gasteiger partial charge on any atom is -0.493 e. The summed E-state index contributed by atoms with van der Waals surface area (Å²) in [6, 6.07) is 11.6. The molecule has 122 valence electrons. The highest BCUT2D eigenvalue weighted by Gasteiger charge is 2.27. The molecule has 1 aliphatic rings. The van der Waals surface area contributed by atoms with E-state index in [1.807, 2.05) is 36.4 Å². The van der Waals surface area contributed by atoms with Gasteiger partial charge in [0.1, 0.15) is 0 Å². The minimum atomic E-state index is -0.503. The summed E-state index contributed by atoms with van der Waals surface area (Å²) >= 11 is 0. The third-order valence-corrected chi connectivity index (χ3v) is 4.20. The summed E-state index contributed by atoms with van der Waals surface area (Å²) in [5, 5.41) is 13.9. The van der Waals surface area contributed by atoms with Crippen molar-refractivity contribution in [2.45, 2.75) is 18.6 Å². The number of nitrogens with one attached hydrogen (secondary N) is 1. The van der Waals surface area contributed by atoms with E-state index in [2.05, 4.69) is 5.32 Å². The number of hydrogen-bond acceptors (Lipinski definition) is 5. The van der Waals surface area contributed by atoms with Crippen molar-refractivity contribution in [2.75, 3.05) is 26.6 Å². The van der Waals surface area contributed by atoms with Gasteiger partial charge in [0, 0.05) is 17.7 Å². The van der Waals surface area contributed by atoms with Gasteiger partial charge in [-0.2, -0.15) is 0 Å². The van der Waals surface area contributed by atoms with Crippen molar-refractivity contribution in [1.29, 1.82) is 0 Å². The summed E-state index contributed by atoms with van der Waals surface area (Å²) in [5.41, 5.74) is 2.86. The normalized spacial score (nSPS) is 19.5. The lowest BCUT2D eigenvalue weighted by Crippen LogP contribution is -2.21. The molecule has 3 rings (SSSR count). The molecular formula is C18H21NO4. The average molecular weight is 315 g/mol. The molecule has 2 aromatic rings. The number of aliphatic hydroxyl groups excluding tert-OH is 1. The van der Waals surface area contributed by atoms with E-state index >= 15 is 0 Å². The summed E-state index contributed by atoms with van der Waals surface area (Å²) in [4.78, 5) is 0. The van der Waals surface area contributed by atoms with E-state index in [-0.39, 0.29) is 6.04 Å². The molecule has 23 heavy (non-hydrogen) atoms. The number of methoxy groups -OCH3 is 3. The molecule has 2 aromatic carbocycles. The Morgan fingerprint density at radius 1 is 1.00 bits per heavy atom. The van der Waals surface area contributed by atoms with Gasteiger partial charge in [-0.3, -0.25) is 0 Å². The van der Waals surface area contributed by atoms with E-state index < -0.39 is 6.10 Å². The number of para-hydroxylation sites is 1. The maximum atomic E-state index is 10.4. The third kappa shape index (κ3) is 2.80. The van der Waals surface area contributed by atoms with Gasteiger partial charge in [0.15, 0.2) is 11.5 Å². The van der Waals surface area contributed by atoms with E-state index in [4.69, 9.17) is 14.2 Å². The van der Waals surface area contributed by atoms with Gasteiger partial charge in [0.2, 0.25) is 5.75 Å². The second-order valence-electron chi connectivity index (χ2n) is 5.49. The van der Waals surface area contributed by atoms with Crippen LogP contribution < -0.4 is 19.5 Å². The quantitative estimate of drug-likeness (QED) is 0.906. The van der Waals surface area contributed by atoms with Gasteiger partial charge in [0.05, 0.1) is 33.5 Å². The number of fused-ring (bicyclic) bond motifs is 1. The van der Waals surface area contributed by atoms with Crippen molar-refractivity contribution >= 4 is 5.69 Å². The molecule has 0 amide bonds. The molecule has 0 bridgehead atoms. The fourth-order valence-electron chi connectivity index (χ4n) is 3.04. The number of rotatable bonds is 4. The molecule has 2 atom stereocenters. The molecule has 0 aromatic heterocycles. The first-order chi connectivity index (χ1) is 11.2. The van der Waals surface area contributed by atoms with Crippen molar-refractivity contribution in [2.24, 2.45) is 0 Å². The first kappa shape index (κ1) is 15.5. The third-order valence-electron chi connectivity index (χ3n) is 4.20. The molecule has 0 radical (unpaired) electrons. The van der Waals surface area contributed by atoms with E-state index in [0.29, 0.717) is 23.7 Å². The second kappa shape index (κ2) is 6.38. The molecule has 0 fully saturated rings. The standard InChI is InChI=1S/C18H21NO4/c1-21-16-8-11(9-17(22-2)18(16)23-3)14-10-15(20)12-6-4-5-7-13(12)19-14/h4-9,14-15,19-20H,10H2,1-3H3/t14-,15-/m0/s1. The summed E-state index contributed by atoms with van der Waals surface area (Å²) < 4.78 is 16.2.